The topological polar surface area (TPSA) is 231 Å². The Labute approximate surface area is 399 Å². The van der Waals surface area contributed by atoms with Gasteiger partial charge in [-0.2, -0.15) is 4.98 Å². The lowest BCUT2D eigenvalue weighted by Crippen LogP contribution is -2.54. The molecule has 0 bridgehead atoms. The first-order valence-corrected chi connectivity index (χ1v) is 23.6. The average Bonchev–Trinajstić information content (AvgIpc) is 3.67. The summed E-state index contributed by atoms with van der Waals surface area (Å²) in [5.74, 6) is -0.882. The van der Waals surface area contributed by atoms with Crippen molar-refractivity contribution in [3.8, 4) is 0 Å². The van der Waals surface area contributed by atoms with E-state index in [1.165, 1.54) is 11.1 Å². The minimum atomic E-state index is -0.691. The average molecular weight is 950 g/mol. The Morgan fingerprint density at radius 2 is 1.62 bits per heavy atom. The van der Waals surface area contributed by atoms with Crippen molar-refractivity contribution < 1.29 is 33.5 Å². The lowest BCUT2D eigenvalue weighted by Gasteiger charge is -2.37. The lowest BCUT2D eigenvalue weighted by atomic mass is 9.91. The van der Waals surface area contributed by atoms with Gasteiger partial charge >= 0.3 is 6.03 Å². The van der Waals surface area contributed by atoms with E-state index < -0.39 is 11.9 Å². The van der Waals surface area contributed by atoms with Crippen LogP contribution in [0.5, 0.6) is 0 Å². The van der Waals surface area contributed by atoms with Gasteiger partial charge in [-0.15, -0.1) is 0 Å². The number of unbranched alkanes of at least 4 members (excludes halogenated alkanes) is 1. The number of hydrogen-bond donors (Lipinski definition) is 7. The van der Waals surface area contributed by atoms with Crippen LogP contribution in [0.2, 0.25) is 5.02 Å². The number of hydrogen-bond acceptors (Lipinski definition) is 13. The van der Waals surface area contributed by atoms with Gasteiger partial charge in [-0.1, -0.05) is 23.7 Å². The van der Waals surface area contributed by atoms with E-state index in [2.05, 4.69) is 52.1 Å². The third kappa shape index (κ3) is 12.0. The van der Waals surface area contributed by atoms with Gasteiger partial charge in [0.15, 0.2) is 5.82 Å². The monoisotopic (exact) mass is 948 g/mol. The molecule has 1 aliphatic carbocycles. The van der Waals surface area contributed by atoms with Gasteiger partial charge in [0, 0.05) is 87.5 Å². The van der Waals surface area contributed by atoms with E-state index >= 15 is 0 Å². The molecule has 1 aromatic heterocycles. The number of aromatic nitrogens is 2. The third-order valence-corrected chi connectivity index (χ3v) is 13.0. The molecule has 1 unspecified atom stereocenters. The first-order valence-electron chi connectivity index (χ1n) is 23.2. The molecule has 358 valence electrons. The largest absolute Gasteiger partial charge is 0.372 e. The van der Waals surface area contributed by atoms with Crippen LogP contribution in [0, 0.1) is 0 Å². The number of carbonyl (C=O) groups is 6. The highest BCUT2D eigenvalue weighted by Gasteiger charge is 2.39. The number of fused-ring (bicyclic) bond motifs is 1. The van der Waals surface area contributed by atoms with E-state index in [4.69, 9.17) is 16.3 Å². The molecule has 4 aliphatic rings. The zero-order valence-corrected chi connectivity index (χ0v) is 38.7. The van der Waals surface area contributed by atoms with Gasteiger partial charge in [-0.05, 0) is 112 Å². The molecule has 1 saturated carbocycles. The number of urea groups is 1. The van der Waals surface area contributed by atoms with E-state index in [-0.39, 0.29) is 55.3 Å². The molecule has 3 aromatic carbocycles. The highest BCUT2D eigenvalue weighted by atomic mass is 35.5. The summed E-state index contributed by atoms with van der Waals surface area (Å²) >= 11 is 6.40. The fourth-order valence-electron chi connectivity index (χ4n) is 8.98. The van der Waals surface area contributed by atoms with E-state index in [1.807, 2.05) is 35.2 Å². The molecule has 2 saturated heterocycles. The molecule has 4 heterocycles. The Bertz CT molecular complexity index is 2490. The van der Waals surface area contributed by atoms with Crippen molar-refractivity contribution >= 4 is 81.7 Å². The van der Waals surface area contributed by atoms with Crippen molar-refractivity contribution in [3.05, 3.63) is 94.6 Å². The van der Waals surface area contributed by atoms with Crippen LogP contribution < -0.4 is 42.1 Å². The summed E-state index contributed by atoms with van der Waals surface area (Å²) in [6.45, 7) is 4.13. The Hall–Kier alpha value is -6.83. The van der Waals surface area contributed by atoms with Crippen LogP contribution in [-0.2, 0) is 25.7 Å². The molecule has 20 heteroatoms. The Balaban J connectivity index is 0.670. The van der Waals surface area contributed by atoms with Crippen molar-refractivity contribution in [2.45, 2.75) is 76.0 Å². The summed E-state index contributed by atoms with van der Waals surface area (Å²) in [6.07, 6.45) is 7.51. The second-order valence-electron chi connectivity index (χ2n) is 17.3. The minimum Gasteiger partial charge on any atom is -0.372 e. The van der Waals surface area contributed by atoms with Crippen LogP contribution in [0.1, 0.15) is 77.6 Å². The number of benzene rings is 3. The Kier molecular flexibility index (Phi) is 15.6. The normalized spacial score (nSPS) is 19.2. The summed E-state index contributed by atoms with van der Waals surface area (Å²) in [6, 6.07) is 20.0. The van der Waals surface area contributed by atoms with Crippen LogP contribution >= 0.6 is 11.6 Å². The van der Waals surface area contributed by atoms with Crippen molar-refractivity contribution in [2.75, 3.05) is 73.8 Å². The second kappa shape index (κ2) is 22.3. The van der Waals surface area contributed by atoms with Gasteiger partial charge in [0.25, 0.3) is 11.8 Å². The summed E-state index contributed by atoms with van der Waals surface area (Å²) in [4.78, 5) is 89.5. The van der Waals surface area contributed by atoms with Crippen LogP contribution in [-0.4, -0.2) is 126 Å². The van der Waals surface area contributed by atoms with Gasteiger partial charge in [0.1, 0.15) is 17.7 Å². The number of piperazine rings is 1. The van der Waals surface area contributed by atoms with Gasteiger partial charge in [-0.3, -0.25) is 29.3 Å². The summed E-state index contributed by atoms with van der Waals surface area (Å²) in [5.41, 5.74) is 4.61. The molecule has 4 aromatic rings. The molecule has 1 atom stereocenters. The zero-order chi connectivity index (χ0) is 47.6. The molecule has 68 heavy (non-hydrogen) atoms. The first kappa shape index (κ1) is 47.7. The summed E-state index contributed by atoms with van der Waals surface area (Å²) in [5, 5.41) is 21.4. The number of carbonyl (C=O) groups excluding carboxylic acids is 6. The molecule has 8 rings (SSSR count). The number of halogens is 1. The van der Waals surface area contributed by atoms with Crippen LogP contribution in [0.25, 0.3) is 0 Å². The number of imide groups is 1. The van der Waals surface area contributed by atoms with Crippen LogP contribution in [0.15, 0.2) is 72.9 Å². The minimum absolute atomic E-state index is 0.00892. The van der Waals surface area contributed by atoms with E-state index in [9.17, 15) is 28.8 Å². The molecule has 7 amide bonds. The van der Waals surface area contributed by atoms with E-state index in [0.29, 0.717) is 77.0 Å². The Morgan fingerprint density at radius 3 is 2.38 bits per heavy atom. The fraction of sp³-hybridized carbons (Fsp3) is 0.417. The number of nitrogens with one attached hydrogen (secondary N) is 7. The number of amides is 7. The number of para-hydroxylation sites is 1. The SMILES string of the molecule is CNC(=O)c1ccccc1Nc1nc(Nc2ccc(N3CCN(C(=O)N[C@H]4CC[C@@H](NCCCCOCC(=O)Nc5ccc6c(c5)CN(C5CCC(=O)NC5=O)C6=O)CC4)CC3)cc2)ncc1Cl. The van der Waals surface area contributed by atoms with Gasteiger partial charge in [0.2, 0.25) is 23.7 Å². The highest BCUT2D eigenvalue weighted by molar-refractivity contribution is 6.33. The predicted octanol–water partition coefficient (Wildman–Crippen LogP) is 4.91. The predicted molar refractivity (Wildman–Crippen MR) is 257 cm³/mol. The quantitative estimate of drug-likeness (QED) is 0.0552. The maximum Gasteiger partial charge on any atom is 0.317 e. The van der Waals surface area contributed by atoms with Crippen LogP contribution in [0.4, 0.5) is 39.3 Å². The summed E-state index contributed by atoms with van der Waals surface area (Å²) < 4.78 is 5.63. The van der Waals surface area contributed by atoms with Crippen molar-refractivity contribution in [2.24, 2.45) is 0 Å². The molecular formula is C48H57ClN12O7. The molecule has 3 aliphatic heterocycles. The molecule has 3 fully saturated rings. The van der Waals surface area contributed by atoms with Gasteiger partial charge in [0.05, 0.1) is 17.4 Å². The molecule has 0 radical (unpaired) electrons. The Morgan fingerprint density at radius 1 is 0.868 bits per heavy atom. The van der Waals surface area contributed by atoms with E-state index in [1.54, 1.807) is 43.4 Å². The number of ether oxygens (including phenoxy) is 1. The second-order valence-corrected chi connectivity index (χ2v) is 17.7. The van der Waals surface area contributed by atoms with Gasteiger partial charge < -0.3 is 51.3 Å². The smallest absolute Gasteiger partial charge is 0.317 e. The molecular weight excluding hydrogens is 892 g/mol. The van der Waals surface area contributed by atoms with Crippen molar-refractivity contribution in [1.82, 2.24) is 41.0 Å². The molecule has 19 nitrogen and oxygen atoms in total. The number of piperidine rings is 1. The first-order chi connectivity index (χ1) is 33.0. The van der Waals surface area contributed by atoms with Gasteiger partial charge in [-0.25, -0.2) is 9.78 Å². The molecule has 0 spiro atoms. The highest BCUT2D eigenvalue weighted by Crippen LogP contribution is 2.31. The third-order valence-electron chi connectivity index (χ3n) is 12.7. The maximum atomic E-state index is 13.2. The van der Waals surface area contributed by atoms with Crippen molar-refractivity contribution in [1.29, 1.82) is 0 Å². The standard InChI is InChI=1S/C48H57ClN12O7/c1-50-44(64)37-6-2-3-7-39(37)56-43-38(49)27-52-47(58-43)54-32-12-15-35(16-13-32)59-21-23-60(24-22-59)48(67)55-33-10-8-31(9-11-33)51-20-4-5-25-68-29-42(63)53-34-14-17-36-30(26-34)28-61(46(36)66)40-18-19-41(62)57-45(40)65/h2-3,6-7,12-17,26-27,31,33,40,51H,4-5,8-11,18-25,28-29H2,1H3,(H,50,64)(H,53,63)(H,55,67)(H,57,62,65)(H2,52,54,56,58)/t31-,33+,40?. The fourth-order valence-corrected chi connectivity index (χ4v) is 9.12. The molecule has 7 N–H and O–H groups in total. The number of nitrogens with zero attached hydrogens (tertiary/aromatic N) is 5. The van der Waals surface area contributed by atoms with E-state index in [0.717, 1.165) is 69.5 Å². The van der Waals surface area contributed by atoms with Crippen molar-refractivity contribution in [3.63, 3.8) is 0 Å². The van der Waals surface area contributed by atoms with Crippen LogP contribution in [0.3, 0.4) is 0 Å². The number of anilines is 6. The maximum absolute atomic E-state index is 13.2. The zero-order valence-electron chi connectivity index (χ0n) is 37.9. The lowest BCUT2D eigenvalue weighted by molar-refractivity contribution is -0.137. The number of rotatable bonds is 17. The summed E-state index contributed by atoms with van der Waals surface area (Å²) in [7, 11) is 1.57.